The lowest BCUT2D eigenvalue weighted by Crippen LogP contribution is -1.85. The van der Waals surface area contributed by atoms with E-state index in [9.17, 15) is 15.2 Å². The third-order valence-electron chi connectivity index (χ3n) is 2.10. The second-order valence-electron chi connectivity index (χ2n) is 3.21. The van der Waals surface area contributed by atoms with Gasteiger partial charge in [-0.05, 0) is 12.1 Å². The SMILES string of the molecule is Nc1ccc(-c2csc([N+](=O)[O-])c2)c(O)c1. The molecule has 2 rings (SSSR count). The van der Waals surface area contributed by atoms with Crippen molar-refractivity contribution in [3.05, 3.63) is 39.8 Å². The van der Waals surface area contributed by atoms with Gasteiger partial charge in [0, 0.05) is 34.3 Å². The number of rotatable bonds is 2. The van der Waals surface area contributed by atoms with Gasteiger partial charge in [-0.15, -0.1) is 0 Å². The van der Waals surface area contributed by atoms with Crippen molar-refractivity contribution >= 4 is 22.0 Å². The summed E-state index contributed by atoms with van der Waals surface area (Å²) in [5, 5.41) is 21.8. The first-order chi connectivity index (χ1) is 7.58. The summed E-state index contributed by atoms with van der Waals surface area (Å²) in [6, 6.07) is 6.11. The second-order valence-corrected chi connectivity index (χ2v) is 4.10. The molecule has 0 bridgehead atoms. The van der Waals surface area contributed by atoms with E-state index >= 15 is 0 Å². The number of hydrogen-bond donors (Lipinski definition) is 2. The largest absolute Gasteiger partial charge is 0.507 e. The van der Waals surface area contributed by atoms with Crippen LogP contribution in [0.4, 0.5) is 10.7 Å². The van der Waals surface area contributed by atoms with Crippen LogP contribution in [0.15, 0.2) is 29.6 Å². The number of nitro groups is 1. The minimum Gasteiger partial charge on any atom is -0.507 e. The Bertz CT molecular complexity index is 551. The lowest BCUT2D eigenvalue weighted by Gasteiger charge is -2.02. The summed E-state index contributed by atoms with van der Waals surface area (Å²) in [7, 11) is 0. The van der Waals surface area contributed by atoms with E-state index in [1.54, 1.807) is 17.5 Å². The first-order valence-corrected chi connectivity index (χ1v) is 5.27. The molecule has 0 fully saturated rings. The van der Waals surface area contributed by atoms with Crippen molar-refractivity contribution in [3.63, 3.8) is 0 Å². The van der Waals surface area contributed by atoms with Crippen LogP contribution in [0.2, 0.25) is 0 Å². The molecule has 3 N–H and O–H groups in total. The Morgan fingerprint density at radius 2 is 2.12 bits per heavy atom. The van der Waals surface area contributed by atoms with Crippen LogP contribution in [-0.2, 0) is 0 Å². The predicted octanol–water partition coefficient (Wildman–Crippen LogP) is 2.61. The van der Waals surface area contributed by atoms with Gasteiger partial charge in [-0.3, -0.25) is 10.1 Å². The van der Waals surface area contributed by atoms with E-state index in [1.165, 1.54) is 12.1 Å². The van der Waals surface area contributed by atoms with Gasteiger partial charge in [-0.2, -0.15) is 0 Å². The highest BCUT2D eigenvalue weighted by Gasteiger charge is 2.13. The third-order valence-corrected chi connectivity index (χ3v) is 2.98. The van der Waals surface area contributed by atoms with E-state index < -0.39 is 4.92 Å². The average molecular weight is 236 g/mol. The second kappa shape index (κ2) is 3.82. The molecule has 0 amide bonds. The number of thiophene rings is 1. The lowest BCUT2D eigenvalue weighted by atomic mass is 10.1. The van der Waals surface area contributed by atoms with Gasteiger partial charge in [0.15, 0.2) is 0 Å². The maximum Gasteiger partial charge on any atom is 0.324 e. The number of hydrogen-bond acceptors (Lipinski definition) is 5. The van der Waals surface area contributed by atoms with Crippen molar-refractivity contribution in [3.8, 4) is 16.9 Å². The van der Waals surface area contributed by atoms with Gasteiger partial charge in [0.1, 0.15) is 5.75 Å². The minimum atomic E-state index is -0.456. The Balaban J connectivity index is 2.46. The molecule has 1 aromatic carbocycles. The number of phenols is 1. The fourth-order valence-electron chi connectivity index (χ4n) is 1.35. The summed E-state index contributed by atoms with van der Waals surface area (Å²) in [4.78, 5) is 10.1. The smallest absolute Gasteiger partial charge is 0.324 e. The molecule has 0 unspecified atom stereocenters. The zero-order valence-electron chi connectivity index (χ0n) is 8.08. The summed E-state index contributed by atoms with van der Waals surface area (Å²) in [5.74, 6) is 0.0210. The van der Waals surface area contributed by atoms with Crippen molar-refractivity contribution < 1.29 is 10.0 Å². The maximum absolute atomic E-state index is 10.5. The van der Waals surface area contributed by atoms with Gasteiger partial charge in [0.25, 0.3) is 0 Å². The average Bonchev–Trinajstić information content (AvgIpc) is 2.66. The zero-order chi connectivity index (χ0) is 11.7. The molecule has 82 valence electrons. The molecule has 2 aromatic rings. The first-order valence-electron chi connectivity index (χ1n) is 4.39. The minimum absolute atomic E-state index is 0.0210. The molecule has 1 aromatic heterocycles. The number of phenolic OH excluding ortho intramolecular Hbond substituents is 1. The number of benzene rings is 1. The number of anilines is 1. The van der Waals surface area contributed by atoms with Crippen LogP contribution >= 0.6 is 11.3 Å². The topological polar surface area (TPSA) is 89.4 Å². The van der Waals surface area contributed by atoms with Crippen LogP contribution in [0.5, 0.6) is 5.75 Å². The summed E-state index contributed by atoms with van der Waals surface area (Å²) in [6.07, 6.45) is 0. The number of nitrogens with zero attached hydrogens (tertiary/aromatic N) is 1. The van der Waals surface area contributed by atoms with Crippen LogP contribution < -0.4 is 5.73 Å². The third kappa shape index (κ3) is 1.82. The standard InChI is InChI=1S/C10H8N2O3S/c11-7-1-2-8(9(13)4-7)6-3-10(12(14)15)16-5-6/h1-5,13H,11H2. The lowest BCUT2D eigenvalue weighted by molar-refractivity contribution is -0.380. The van der Waals surface area contributed by atoms with Crippen molar-refractivity contribution in [2.45, 2.75) is 0 Å². The van der Waals surface area contributed by atoms with Crippen LogP contribution in [-0.4, -0.2) is 10.0 Å². The Morgan fingerprint density at radius 1 is 1.38 bits per heavy atom. The van der Waals surface area contributed by atoms with Crippen LogP contribution in [0.25, 0.3) is 11.1 Å². The Morgan fingerprint density at radius 3 is 2.69 bits per heavy atom. The molecule has 1 heterocycles. The molecule has 0 atom stereocenters. The van der Waals surface area contributed by atoms with Gasteiger partial charge in [-0.1, -0.05) is 11.3 Å². The van der Waals surface area contributed by atoms with E-state index in [0.29, 0.717) is 16.8 Å². The molecule has 5 nitrogen and oxygen atoms in total. The summed E-state index contributed by atoms with van der Waals surface area (Å²) in [6.45, 7) is 0. The highest BCUT2D eigenvalue weighted by molar-refractivity contribution is 7.13. The molecule has 0 aliphatic carbocycles. The van der Waals surface area contributed by atoms with Gasteiger partial charge in [0.2, 0.25) is 0 Å². The zero-order valence-corrected chi connectivity index (χ0v) is 8.90. The predicted molar refractivity (Wildman–Crippen MR) is 62.5 cm³/mol. The van der Waals surface area contributed by atoms with E-state index in [1.807, 2.05) is 0 Å². The fraction of sp³-hybridized carbons (Fsp3) is 0. The number of aromatic hydroxyl groups is 1. The number of nitrogen functional groups attached to an aromatic ring is 1. The molecule has 0 radical (unpaired) electrons. The van der Waals surface area contributed by atoms with Crippen molar-refractivity contribution in [1.82, 2.24) is 0 Å². The fourth-order valence-corrected chi connectivity index (χ4v) is 2.08. The van der Waals surface area contributed by atoms with Crippen molar-refractivity contribution in [2.24, 2.45) is 0 Å². The molecule has 0 saturated carbocycles. The van der Waals surface area contributed by atoms with Crippen molar-refractivity contribution in [1.29, 1.82) is 0 Å². The summed E-state index contributed by atoms with van der Waals surface area (Å²) >= 11 is 1.02. The van der Waals surface area contributed by atoms with E-state index in [-0.39, 0.29) is 10.8 Å². The molecular formula is C10H8N2O3S. The van der Waals surface area contributed by atoms with Gasteiger partial charge >= 0.3 is 5.00 Å². The number of nitrogens with two attached hydrogens (primary N) is 1. The van der Waals surface area contributed by atoms with Gasteiger partial charge in [-0.25, -0.2) is 0 Å². The molecule has 0 aliphatic heterocycles. The van der Waals surface area contributed by atoms with E-state index in [2.05, 4.69) is 0 Å². The quantitative estimate of drug-likeness (QED) is 0.476. The normalized spacial score (nSPS) is 10.2. The van der Waals surface area contributed by atoms with Crippen LogP contribution in [0, 0.1) is 10.1 Å². The molecule has 0 spiro atoms. The highest BCUT2D eigenvalue weighted by atomic mass is 32.1. The Kier molecular flexibility index (Phi) is 2.49. The highest BCUT2D eigenvalue weighted by Crippen LogP contribution is 2.35. The van der Waals surface area contributed by atoms with E-state index in [0.717, 1.165) is 11.3 Å². The molecule has 16 heavy (non-hydrogen) atoms. The summed E-state index contributed by atoms with van der Waals surface area (Å²) in [5.41, 5.74) is 7.10. The maximum atomic E-state index is 10.5. The van der Waals surface area contributed by atoms with Crippen LogP contribution in [0.1, 0.15) is 0 Å². The summed E-state index contributed by atoms with van der Waals surface area (Å²) < 4.78 is 0. The van der Waals surface area contributed by atoms with Gasteiger partial charge in [0.05, 0.1) is 4.92 Å². The van der Waals surface area contributed by atoms with E-state index in [4.69, 9.17) is 5.73 Å². The molecule has 0 saturated heterocycles. The van der Waals surface area contributed by atoms with Crippen molar-refractivity contribution in [2.75, 3.05) is 5.73 Å². The first kappa shape index (κ1) is 10.4. The van der Waals surface area contributed by atoms with Gasteiger partial charge < -0.3 is 10.8 Å². The monoisotopic (exact) mass is 236 g/mol. The van der Waals surface area contributed by atoms with Crippen LogP contribution in [0.3, 0.4) is 0 Å². The Labute approximate surface area is 94.9 Å². The Hall–Kier alpha value is -2.08. The molecule has 6 heteroatoms. The molecular weight excluding hydrogens is 228 g/mol. The molecule has 0 aliphatic rings.